The van der Waals surface area contributed by atoms with Crippen LogP contribution in [-0.4, -0.2) is 17.4 Å². The standard InChI is InChI=1S/C12H17N3O.ClH/c1-12(4-5-12)8-15-11(16)6-10-3-2-9(13)7-14-10;/h2-3,7H,4-6,8,13H2,1H3,(H,15,16);1H. The highest BCUT2D eigenvalue weighted by Gasteiger charge is 2.37. The second-order valence-electron chi connectivity index (χ2n) is 4.85. The maximum absolute atomic E-state index is 11.6. The number of anilines is 1. The van der Waals surface area contributed by atoms with Gasteiger partial charge in [-0.1, -0.05) is 6.92 Å². The number of hydrogen-bond donors (Lipinski definition) is 2. The van der Waals surface area contributed by atoms with Crippen molar-refractivity contribution < 1.29 is 4.79 Å². The van der Waals surface area contributed by atoms with Crippen LogP contribution in [0.25, 0.3) is 0 Å². The molecule has 94 valence electrons. The molecule has 0 radical (unpaired) electrons. The van der Waals surface area contributed by atoms with E-state index in [1.807, 2.05) is 0 Å². The predicted molar refractivity (Wildman–Crippen MR) is 70.0 cm³/mol. The summed E-state index contributed by atoms with van der Waals surface area (Å²) >= 11 is 0. The molecule has 1 aromatic heterocycles. The number of nitrogen functional groups attached to an aromatic ring is 1. The summed E-state index contributed by atoms with van der Waals surface area (Å²) in [6, 6.07) is 3.55. The summed E-state index contributed by atoms with van der Waals surface area (Å²) in [5.74, 6) is 0.0328. The largest absolute Gasteiger partial charge is 0.397 e. The lowest BCUT2D eigenvalue weighted by Crippen LogP contribution is -2.30. The fourth-order valence-electron chi connectivity index (χ4n) is 1.47. The minimum atomic E-state index is 0. The first-order valence-corrected chi connectivity index (χ1v) is 5.55. The molecular formula is C12H18ClN3O. The summed E-state index contributed by atoms with van der Waals surface area (Å²) in [4.78, 5) is 15.7. The molecular weight excluding hydrogens is 238 g/mol. The molecule has 1 heterocycles. The van der Waals surface area contributed by atoms with E-state index < -0.39 is 0 Å². The van der Waals surface area contributed by atoms with Gasteiger partial charge in [0, 0.05) is 12.2 Å². The number of carbonyl (C=O) groups is 1. The van der Waals surface area contributed by atoms with Gasteiger partial charge in [0.05, 0.1) is 18.3 Å². The molecule has 3 N–H and O–H groups in total. The molecule has 1 aromatic rings. The Morgan fingerprint density at radius 2 is 2.24 bits per heavy atom. The molecule has 0 bridgehead atoms. The maximum Gasteiger partial charge on any atom is 0.226 e. The Morgan fingerprint density at radius 3 is 2.76 bits per heavy atom. The zero-order valence-electron chi connectivity index (χ0n) is 9.90. The van der Waals surface area contributed by atoms with E-state index in [9.17, 15) is 4.79 Å². The number of nitrogens with two attached hydrogens (primary N) is 1. The Bertz CT molecular complexity index is 387. The molecule has 0 aliphatic heterocycles. The quantitative estimate of drug-likeness (QED) is 0.858. The van der Waals surface area contributed by atoms with Crippen molar-refractivity contribution in [1.29, 1.82) is 0 Å². The van der Waals surface area contributed by atoms with Crippen molar-refractivity contribution in [2.45, 2.75) is 26.2 Å². The Labute approximate surface area is 107 Å². The molecule has 1 fully saturated rings. The molecule has 0 unspecified atom stereocenters. The van der Waals surface area contributed by atoms with Gasteiger partial charge in [-0.15, -0.1) is 12.4 Å². The van der Waals surface area contributed by atoms with Crippen molar-refractivity contribution in [3.05, 3.63) is 24.0 Å². The van der Waals surface area contributed by atoms with Gasteiger partial charge >= 0.3 is 0 Å². The normalized spacial score (nSPS) is 15.8. The number of pyridine rings is 1. The van der Waals surface area contributed by atoms with Crippen LogP contribution in [0.2, 0.25) is 0 Å². The van der Waals surface area contributed by atoms with Crippen molar-refractivity contribution in [1.82, 2.24) is 10.3 Å². The highest BCUT2D eigenvalue weighted by Crippen LogP contribution is 2.43. The summed E-state index contributed by atoms with van der Waals surface area (Å²) in [5.41, 5.74) is 7.25. The van der Waals surface area contributed by atoms with E-state index in [0.29, 0.717) is 17.5 Å². The molecule has 4 nitrogen and oxygen atoms in total. The van der Waals surface area contributed by atoms with Gasteiger partial charge in [0.25, 0.3) is 0 Å². The van der Waals surface area contributed by atoms with E-state index in [-0.39, 0.29) is 18.3 Å². The first-order chi connectivity index (χ1) is 7.57. The number of amides is 1. The number of aromatic nitrogens is 1. The fourth-order valence-corrected chi connectivity index (χ4v) is 1.47. The van der Waals surface area contributed by atoms with E-state index in [2.05, 4.69) is 17.2 Å². The van der Waals surface area contributed by atoms with Crippen LogP contribution in [-0.2, 0) is 11.2 Å². The van der Waals surface area contributed by atoms with Gasteiger partial charge in [-0.25, -0.2) is 0 Å². The summed E-state index contributed by atoms with van der Waals surface area (Å²) in [7, 11) is 0. The lowest BCUT2D eigenvalue weighted by Gasteiger charge is -2.09. The van der Waals surface area contributed by atoms with E-state index in [1.165, 1.54) is 12.8 Å². The maximum atomic E-state index is 11.6. The Balaban J connectivity index is 0.00000144. The minimum absolute atomic E-state index is 0. The summed E-state index contributed by atoms with van der Waals surface area (Å²) < 4.78 is 0. The van der Waals surface area contributed by atoms with Crippen LogP contribution in [0, 0.1) is 5.41 Å². The molecule has 1 aliphatic carbocycles. The highest BCUT2D eigenvalue weighted by molar-refractivity contribution is 5.85. The van der Waals surface area contributed by atoms with Crippen LogP contribution < -0.4 is 11.1 Å². The van der Waals surface area contributed by atoms with Crippen LogP contribution in [0.1, 0.15) is 25.5 Å². The molecule has 5 heteroatoms. The third kappa shape index (κ3) is 4.23. The fraction of sp³-hybridized carbons (Fsp3) is 0.500. The van der Waals surface area contributed by atoms with Crippen LogP contribution in [0.4, 0.5) is 5.69 Å². The van der Waals surface area contributed by atoms with Crippen LogP contribution in [0.5, 0.6) is 0 Å². The van der Waals surface area contributed by atoms with Crippen molar-refractivity contribution >= 4 is 24.0 Å². The van der Waals surface area contributed by atoms with Crippen molar-refractivity contribution in [3.8, 4) is 0 Å². The Hall–Kier alpha value is -1.29. The lowest BCUT2D eigenvalue weighted by atomic mass is 10.1. The third-order valence-electron chi connectivity index (χ3n) is 3.01. The zero-order valence-corrected chi connectivity index (χ0v) is 10.7. The molecule has 0 spiro atoms. The second kappa shape index (κ2) is 5.36. The molecule has 0 saturated heterocycles. The summed E-state index contributed by atoms with van der Waals surface area (Å²) in [6.07, 6.45) is 4.34. The number of nitrogens with zero attached hydrogens (tertiary/aromatic N) is 1. The van der Waals surface area contributed by atoms with Gasteiger partial charge in [0.15, 0.2) is 0 Å². The average molecular weight is 256 g/mol. The van der Waals surface area contributed by atoms with E-state index >= 15 is 0 Å². The van der Waals surface area contributed by atoms with Gasteiger partial charge in [-0.3, -0.25) is 9.78 Å². The topological polar surface area (TPSA) is 68.0 Å². The van der Waals surface area contributed by atoms with Crippen molar-refractivity contribution in [2.75, 3.05) is 12.3 Å². The van der Waals surface area contributed by atoms with Gasteiger partial charge in [-0.2, -0.15) is 0 Å². The first kappa shape index (κ1) is 13.8. The smallest absolute Gasteiger partial charge is 0.226 e. The molecule has 17 heavy (non-hydrogen) atoms. The number of hydrogen-bond acceptors (Lipinski definition) is 3. The van der Waals surface area contributed by atoms with Crippen molar-refractivity contribution in [3.63, 3.8) is 0 Å². The number of carbonyl (C=O) groups excluding carboxylic acids is 1. The van der Waals surface area contributed by atoms with E-state index in [0.717, 1.165) is 12.2 Å². The van der Waals surface area contributed by atoms with Crippen LogP contribution in [0.15, 0.2) is 18.3 Å². The van der Waals surface area contributed by atoms with E-state index in [1.54, 1.807) is 18.3 Å². The minimum Gasteiger partial charge on any atom is -0.397 e. The SMILES string of the molecule is CC1(CNC(=O)Cc2ccc(N)cn2)CC1.Cl. The monoisotopic (exact) mass is 255 g/mol. The summed E-state index contributed by atoms with van der Waals surface area (Å²) in [5, 5.41) is 2.94. The number of rotatable bonds is 4. The average Bonchev–Trinajstić information content (AvgIpc) is 2.98. The molecule has 1 aliphatic rings. The Kier molecular flexibility index (Phi) is 4.34. The van der Waals surface area contributed by atoms with Gasteiger partial charge in [-0.05, 0) is 30.4 Å². The zero-order chi connectivity index (χ0) is 11.6. The van der Waals surface area contributed by atoms with Crippen molar-refractivity contribution in [2.24, 2.45) is 5.41 Å². The highest BCUT2D eigenvalue weighted by atomic mass is 35.5. The van der Waals surface area contributed by atoms with Gasteiger partial charge in [0.2, 0.25) is 5.91 Å². The molecule has 0 atom stereocenters. The summed E-state index contributed by atoms with van der Waals surface area (Å²) in [6.45, 7) is 2.97. The molecule has 1 amide bonds. The molecule has 0 aromatic carbocycles. The Morgan fingerprint density at radius 1 is 1.53 bits per heavy atom. The molecule has 1 saturated carbocycles. The van der Waals surface area contributed by atoms with Gasteiger partial charge in [0.1, 0.15) is 0 Å². The number of nitrogens with one attached hydrogen (secondary N) is 1. The van der Waals surface area contributed by atoms with E-state index in [4.69, 9.17) is 5.73 Å². The lowest BCUT2D eigenvalue weighted by molar-refractivity contribution is -0.120. The van der Waals surface area contributed by atoms with Gasteiger partial charge < -0.3 is 11.1 Å². The third-order valence-corrected chi connectivity index (χ3v) is 3.01. The predicted octanol–water partition coefficient (Wildman–Crippen LogP) is 1.54. The number of halogens is 1. The van der Waals surface area contributed by atoms with Crippen LogP contribution in [0.3, 0.4) is 0 Å². The first-order valence-electron chi connectivity index (χ1n) is 5.55. The second-order valence-corrected chi connectivity index (χ2v) is 4.85. The van der Waals surface area contributed by atoms with Crippen LogP contribution >= 0.6 is 12.4 Å². The molecule has 2 rings (SSSR count).